The lowest BCUT2D eigenvalue weighted by Crippen LogP contribution is -2.01. The van der Waals surface area contributed by atoms with Gasteiger partial charge in [0.15, 0.2) is 11.0 Å². The molecule has 0 saturated heterocycles. The molecule has 0 aliphatic rings. The quantitative estimate of drug-likeness (QED) is 0.698. The summed E-state index contributed by atoms with van der Waals surface area (Å²) in [6.45, 7) is 3.91. The summed E-state index contributed by atoms with van der Waals surface area (Å²) in [6, 6.07) is 3.62. The summed E-state index contributed by atoms with van der Waals surface area (Å²) in [5.41, 5.74) is 10.2. The van der Waals surface area contributed by atoms with Gasteiger partial charge in [-0.2, -0.15) is 5.10 Å². The van der Waals surface area contributed by atoms with Crippen LogP contribution in [0, 0.1) is 13.8 Å². The normalized spacial score (nSPS) is 11.3. The van der Waals surface area contributed by atoms with E-state index in [-0.39, 0.29) is 0 Å². The second kappa shape index (κ2) is 3.81. The molecule has 0 atom stereocenters. The predicted molar refractivity (Wildman–Crippen MR) is 70.5 cm³/mol. The zero-order valence-electron chi connectivity index (χ0n) is 9.81. The Balaban J connectivity index is 2.35. The molecule has 0 unspecified atom stereocenters. The van der Waals surface area contributed by atoms with Crippen LogP contribution in [0.4, 0.5) is 5.69 Å². The number of hydrogen-bond donors (Lipinski definition) is 1. The molecule has 3 rings (SSSR count). The van der Waals surface area contributed by atoms with Crippen LogP contribution in [-0.4, -0.2) is 20.1 Å². The van der Waals surface area contributed by atoms with Gasteiger partial charge in [0.2, 0.25) is 0 Å². The van der Waals surface area contributed by atoms with E-state index in [1.807, 2.05) is 19.9 Å². The average Bonchev–Trinajstić information content (AvgIpc) is 2.92. The molecule has 0 aliphatic carbocycles. The van der Waals surface area contributed by atoms with Crippen molar-refractivity contribution in [1.82, 2.24) is 20.1 Å². The Hall–Kier alpha value is -1.89. The van der Waals surface area contributed by atoms with E-state index in [1.54, 1.807) is 10.7 Å². The van der Waals surface area contributed by atoms with Gasteiger partial charge >= 0.3 is 0 Å². The van der Waals surface area contributed by atoms with Crippen LogP contribution in [0.3, 0.4) is 0 Å². The van der Waals surface area contributed by atoms with Crippen molar-refractivity contribution >= 4 is 32.7 Å². The summed E-state index contributed by atoms with van der Waals surface area (Å²) < 4.78 is 7.52. The van der Waals surface area contributed by atoms with Crippen molar-refractivity contribution in [1.29, 1.82) is 0 Å². The molecular weight excluding hydrogens is 298 g/mol. The molecule has 3 aromatic rings. The topological polar surface area (TPSA) is 82.8 Å². The molecule has 1 aromatic carbocycles. The third-order valence-electron chi connectivity index (χ3n) is 2.86. The number of halogens is 1. The molecule has 92 valence electrons. The second-order valence-corrected chi connectivity index (χ2v) is 4.82. The molecule has 6 nitrogen and oxygen atoms in total. The van der Waals surface area contributed by atoms with Crippen LogP contribution in [-0.2, 0) is 0 Å². The Bertz CT molecular complexity index is 745. The molecule has 2 aromatic heterocycles. The first kappa shape index (κ1) is 11.2. The Morgan fingerprint density at radius 2 is 1.94 bits per heavy atom. The van der Waals surface area contributed by atoms with Gasteiger partial charge in [-0.3, -0.25) is 0 Å². The van der Waals surface area contributed by atoms with E-state index >= 15 is 0 Å². The molecule has 2 heterocycles. The van der Waals surface area contributed by atoms with Gasteiger partial charge in [-0.25, -0.2) is 9.31 Å². The number of rotatable bonds is 1. The molecule has 2 N–H and O–H groups in total. The number of fused-ring (bicyclic) bond motifs is 1. The van der Waals surface area contributed by atoms with Gasteiger partial charge in [-0.05, 0) is 52.2 Å². The zero-order valence-corrected chi connectivity index (χ0v) is 11.4. The number of nitrogens with zero attached hydrogens (tertiary/aromatic N) is 4. The monoisotopic (exact) mass is 307 g/mol. The number of hydrogen-bond acceptors (Lipinski definition) is 5. The lowest BCUT2D eigenvalue weighted by atomic mass is 10.2. The molecule has 0 aliphatic heterocycles. The van der Waals surface area contributed by atoms with Crippen molar-refractivity contribution in [2.75, 3.05) is 5.73 Å². The summed E-state index contributed by atoms with van der Waals surface area (Å²) in [5, 5.41) is 12.2. The summed E-state index contributed by atoms with van der Waals surface area (Å²) in [4.78, 5) is 0. The van der Waals surface area contributed by atoms with Gasteiger partial charge in [0.25, 0.3) is 0 Å². The smallest absolute Gasteiger partial charge is 0.163 e. The maximum Gasteiger partial charge on any atom is 0.163 e. The molecule has 18 heavy (non-hydrogen) atoms. The van der Waals surface area contributed by atoms with E-state index in [2.05, 4.69) is 31.3 Å². The van der Waals surface area contributed by atoms with E-state index in [0.717, 1.165) is 21.5 Å². The van der Waals surface area contributed by atoms with Crippen LogP contribution >= 0.6 is 15.9 Å². The fourth-order valence-electron chi connectivity index (χ4n) is 1.90. The number of nitrogen functional groups attached to an aromatic ring is 1. The van der Waals surface area contributed by atoms with Gasteiger partial charge in [-0.1, -0.05) is 0 Å². The standard InChI is InChI=1S/C11H10BrN5O/c1-5-9(12)6(2)17(14-5)8-4-3-7(13)10-11(8)16-18-15-10/h3-4H,13H2,1-2H3. The molecule has 0 radical (unpaired) electrons. The Morgan fingerprint density at radius 1 is 1.22 bits per heavy atom. The van der Waals surface area contributed by atoms with Gasteiger partial charge in [0, 0.05) is 0 Å². The number of aromatic nitrogens is 4. The number of benzene rings is 1. The van der Waals surface area contributed by atoms with Crippen molar-refractivity contribution in [3.05, 3.63) is 28.0 Å². The van der Waals surface area contributed by atoms with E-state index in [1.165, 1.54) is 0 Å². The van der Waals surface area contributed by atoms with Crippen LogP contribution in [0.2, 0.25) is 0 Å². The van der Waals surface area contributed by atoms with E-state index in [9.17, 15) is 0 Å². The molecule has 0 spiro atoms. The lowest BCUT2D eigenvalue weighted by Gasteiger charge is -2.05. The number of anilines is 1. The molecular formula is C11H10BrN5O. The maximum atomic E-state index is 5.82. The highest BCUT2D eigenvalue weighted by atomic mass is 79.9. The Labute approximate surface area is 111 Å². The Morgan fingerprint density at radius 3 is 2.61 bits per heavy atom. The van der Waals surface area contributed by atoms with Crippen LogP contribution in [0.25, 0.3) is 16.7 Å². The molecule has 0 amide bonds. The van der Waals surface area contributed by atoms with Crippen molar-refractivity contribution < 1.29 is 4.63 Å². The molecule has 0 bridgehead atoms. The SMILES string of the molecule is Cc1nn(-c2ccc(N)c3nonc23)c(C)c1Br. The van der Waals surface area contributed by atoms with Crippen molar-refractivity contribution in [3.63, 3.8) is 0 Å². The molecule has 0 saturated carbocycles. The third-order valence-corrected chi connectivity index (χ3v) is 4.00. The fraction of sp³-hybridized carbons (Fsp3) is 0.182. The maximum absolute atomic E-state index is 5.82. The minimum absolute atomic E-state index is 0.538. The third kappa shape index (κ3) is 1.43. The van der Waals surface area contributed by atoms with E-state index < -0.39 is 0 Å². The zero-order chi connectivity index (χ0) is 12.9. The highest BCUT2D eigenvalue weighted by Crippen LogP contribution is 2.28. The second-order valence-electron chi connectivity index (χ2n) is 4.03. The fourth-order valence-corrected chi connectivity index (χ4v) is 2.15. The number of nitrogens with two attached hydrogens (primary N) is 1. The van der Waals surface area contributed by atoms with Crippen LogP contribution in [0.15, 0.2) is 21.2 Å². The van der Waals surface area contributed by atoms with E-state index in [0.29, 0.717) is 16.7 Å². The lowest BCUT2D eigenvalue weighted by molar-refractivity contribution is 0.315. The average molecular weight is 308 g/mol. The van der Waals surface area contributed by atoms with Gasteiger partial charge in [0.1, 0.15) is 0 Å². The van der Waals surface area contributed by atoms with Gasteiger partial charge < -0.3 is 5.73 Å². The summed E-state index contributed by atoms with van der Waals surface area (Å²) in [7, 11) is 0. The van der Waals surface area contributed by atoms with Crippen LogP contribution in [0.5, 0.6) is 0 Å². The predicted octanol–water partition coefficient (Wildman–Crippen LogP) is 2.37. The van der Waals surface area contributed by atoms with Gasteiger partial charge in [0.05, 0.1) is 27.2 Å². The number of aryl methyl sites for hydroxylation is 1. The first-order chi connectivity index (χ1) is 8.59. The van der Waals surface area contributed by atoms with Crippen LogP contribution < -0.4 is 5.73 Å². The highest BCUT2D eigenvalue weighted by molar-refractivity contribution is 9.10. The van der Waals surface area contributed by atoms with E-state index in [4.69, 9.17) is 10.4 Å². The minimum Gasteiger partial charge on any atom is -0.397 e. The molecule has 0 fully saturated rings. The first-order valence-corrected chi connectivity index (χ1v) is 6.11. The van der Waals surface area contributed by atoms with Gasteiger partial charge in [-0.15, -0.1) is 0 Å². The highest BCUT2D eigenvalue weighted by Gasteiger charge is 2.16. The Kier molecular flexibility index (Phi) is 2.37. The van der Waals surface area contributed by atoms with Crippen molar-refractivity contribution in [2.24, 2.45) is 0 Å². The van der Waals surface area contributed by atoms with Crippen LogP contribution in [0.1, 0.15) is 11.4 Å². The first-order valence-electron chi connectivity index (χ1n) is 5.32. The summed E-state index contributed by atoms with van der Waals surface area (Å²) in [6.07, 6.45) is 0. The molecule has 7 heteroatoms. The summed E-state index contributed by atoms with van der Waals surface area (Å²) in [5.74, 6) is 0. The minimum atomic E-state index is 0.538. The van der Waals surface area contributed by atoms with Crippen molar-refractivity contribution in [2.45, 2.75) is 13.8 Å². The van der Waals surface area contributed by atoms with Crippen molar-refractivity contribution in [3.8, 4) is 5.69 Å². The largest absolute Gasteiger partial charge is 0.397 e. The summed E-state index contributed by atoms with van der Waals surface area (Å²) >= 11 is 3.50.